The maximum absolute atomic E-state index is 16.3. The summed E-state index contributed by atoms with van der Waals surface area (Å²) in [6, 6.07) is 9.14. The molecule has 3 aliphatic carbocycles. The van der Waals surface area contributed by atoms with Crippen LogP contribution in [-0.2, 0) is 38.7 Å². The summed E-state index contributed by atoms with van der Waals surface area (Å²) in [5.74, 6) is -1.69. The van der Waals surface area contributed by atoms with Gasteiger partial charge in [-0.2, -0.15) is 0 Å². The number of amides is 2. The zero-order valence-corrected chi connectivity index (χ0v) is 34.9. The molecule has 2 spiro atoms. The van der Waals surface area contributed by atoms with Gasteiger partial charge in [0.25, 0.3) is 0 Å². The lowest BCUT2D eigenvalue weighted by Crippen LogP contribution is -2.60. The predicted octanol–water partition coefficient (Wildman–Crippen LogP) is 6.61. The van der Waals surface area contributed by atoms with Crippen molar-refractivity contribution in [1.29, 1.82) is 0 Å². The van der Waals surface area contributed by atoms with E-state index in [9.17, 15) is 14.4 Å². The molecule has 5 aliphatic rings. The number of ketones is 1. The van der Waals surface area contributed by atoms with Gasteiger partial charge < -0.3 is 35.3 Å². The van der Waals surface area contributed by atoms with Gasteiger partial charge in [-0.1, -0.05) is 60.7 Å². The molecule has 318 valence electrons. The molecule has 0 aromatic heterocycles. The second-order valence-electron chi connectivity index (χ2n) is 16.8. The second kappa shape index (κ2) is 19.8. The highest BCUT2D eigenvalue weighted by atomic mass is 35.5. The van der Waals surface area contributed by atoms with Crippen molar-refractivity contribution in [1.82, 2.24) is 10.6 Å². The Hall–Kier alpha value is -2.68. The number of anilines is 1. The van der Waals surface area contributed by atoms with E-state index in [1.54, 1.807) is 24.3 Å². The third-order valence-corrected chi connectivity index (χ3v) is 14.0. The van der Waals surface area contributed by atoms with E-state index >= 15 is 4.39 Å². The van der Waals surface area contributed by atoms with E-state index in [0.717, 1.165) is 50.5 Å². The average Bonchev–Trinajstić information content (AvgIpc) is 3.68. The van der Waals surface area contributed by atoms with Crippen LogP contribution in [0, 0.1) is 17.7 Å². The van der Waals surface area contributed by atoms with Crippen molar-refractivity contribution in [3.63, 3.8) is 0 Å². The normalized spacial score (nSPS) is 29.1. The minimum absolute atomic E-state index is 0.0318. The predicted molar refractivity (Wildman–Crippen MR) is 221 cm³/mol. The van der Waals surface area contributed by atoms with Crippen LogP contribution >= 0.6 is 23.2 Å². The SMILES string of the molecule is NCCOCCOCCOCCOC1CCC(C(=O)C2CCC(NC(=O)[C@@H]3NC4(CCCCC4)[C@@]4(C(=O)Nc5cc(Cl)ccc54)[C@H]3c3cccc(Cl)c3F)CC2)CC1. The van der Waals surface area contributed by atoms with E-state index in [1.807, 2.05) is 6.07 Å². The fraction of sp³-hybridized carbons (Fsp3) is 0.659. The van der Waals surface area contributed by atoms with Crippen molar-refractivity contribution >= 4 is 46.5 Å². The number of halogens is 3. The van der Waals surface area contributed by atoms with E-state index in [0.29, 0.717) is 108 Å². The Labute approximate surface area is 351 Å². The lowest BCUT2D eigenvalue weighted by Gasteiger charge is -2.47. The van der Waals surface area contributed by atoms with E-state index in [2.05, 4.69) is 16.0 Å². The van der Waals surface area contributed by atoms with Crippen molar-refractivity contribution < 1.29 is 37.7 Å². The number of fused-ring (bicyclic) bond motifs is 3. The quantitative estimate of drug-likeness (QED) is 0.129. The molecule has 11 nitrogen and oxygen atoms in total. The summed E-state index contributed by atoms with van der Waals surface area (Å²) in [6.45, 7) is 4.10. The Morgan fingerprint density at radius 3 is 2.14 bits per heavy atom. The van der Waals surface area contributed by atoms with Gasteiger partial charge in [0.1, 0.15) is 17.0 Å². The molecule has 58 heavy (non-hydrogen) atoms. The number of rotatable bonds is 17. The molecule has 0 bridgehead atoms. The van der Waals surface area contributed by atoms with Crippen LogP contribution in [0.15, 0.2) is 36.4 Å². The molecule has 3 saturated carbocycles. The first-order valence-corrected chi connectivity index (χ1v) is 22.2. The first-order valence-electron chi connectivity index (χ1n) is 21.4. The first kappa shape index (κ1) is 43.4. The number of hydrogen-bond acceptors (Lipinski definition) is 9. The summed E-state index contributed by atoms with van der Waals surface area (Å²) >= 11 is 12.8. The highest BCUT2D eigenvalue weighted by molar-refractivity contribution is 6.31. The van der Waals surface area contributed by atoms with Crippen LogP contribution in [0.3, 0.4) is 0 Å². The van der Waals surface area contributed by atoms with Crippen LogP contribution in [0.4, 0.5) is 10.1 Å². The number of nitrogens with two attached hydrogens (primary N) is 1. The minimum Gasteiger partial charge on any atom is -0.378 e. The molecule has 2 aromatic rings. The molecule has 2 aromatic carbocycles. The topological polar surface area (TPSA) is 150 Å². The summed E-state index contributed by atoms with van der Waals surface area (Å²) in [7, 11) is 0. The van der Waals surface area contributed by atoms with Crippen LogP contribution in [-0.4, -0.2) is 94.1 Å². The Balaban J connectivity index is 0.939. The van der Waals surface area contributed by atoms with E-state index in [-0.39, 0.29) is 46.4 Å². The molecule has 4 fully saturated rings. The number of benzene rings is 2. The highest BCUT2D eigenvalue weighted by Crippen LogP contribution is 2.62. The summed E-state index contributed by atoms with van der Waals surface area (Å²) in [6.07, 6.45) is 10.3. The molecule has 14 heteroatoms. The van der Waals surface area contributed by atoms with Gasteiger partial charge in [-0.3, -0.25) is 19.7 Å². The van der Waals surface area contributed by atoms with Crippen molar-refractivity contribution in [3.05, 3.63) is 63.4 Å². The maximum atomic E-state index is 16.3. The molecule has 5 N–H and O–H groups in total. The number of carbonyl (C=O) groups is 3. The van der Waals surface area contributed by atoms with Gasteiger partial charge in [0.05, 0.1) is 63.4 Å². The Kier molecular flexibility index (Phi) is 14.8. The van der Waals surface area contributed by atoms with E-state index in [4.69, 9.17) is 47.9 Å². The van der Waals surface area contributed by atoms with Gasteiger partial charge in [-0.15, -0.1) is 0 Å². The number of ether oxygens (including phenoxy) is 4. The molecular weight excluding hydrogens is 786 g/mol. The van der Waals surface area contributed by atoms with Crippen LogP contribution in [0.2, 0.25) is 10.0 Å². The molecule has 2 aliphatic heterocycles. The Morgan fingerprint density at radius 2 is 1.47 bits per heavy atom. The summed E-state index contributed by atoms with van der Waals surface area (Å²) in [5, 5.41) is 10.5. The van der Waals surface area contributed by atoms with E-state index in [1.165, 1.54) is 6.07 Å². The highest BCUT2D eigenvalue weighted by Gasteiger charge is 2.72. The molecular formula is C44H59Cl2FN4O7. The van der Waals surface area contributed by atoms with Gasteiger partial charge >= 0.3 is 0 Å². The lowest BCUT2D eigenvalue weighted by molar-refractivity contribution is -0.130. The number of hydrogen-bond donors (Lipinski definition) is 4. The Morgan fingerprint density at radius 1 is 0.828 bits per heavy atom. The fourth-order valence-electron chi connectivity index (χ4n) is 10.8. The smallest absolute Gasteiger partial charge is 0.238 e. The van der Waals surface area contributed by atoms with Crippen molar-refractivity contribution in [3.8, 4) is 0 Å². The number of nitrogens with one attached hydrogen (secondary N) is 3. The third kappa shape index (κ3) is 9.00. The molecule has 0 radical (unpaired) electrons. The van der Waals surface area contributed by atoms with Gasteiger partial charge in [0.15, 0.2) is 0 Å². The van der Waals surface area contributed by atoms with Crippen molar-refractivity contribution in [2.75, 3.05) is 58.1 Å². The number of Topliss-reactive ketones (excluding diaryl/α,β-unsaturated/α-hetero) is 1. The fourth-order valence-corrected chi connectivity index (χ4v) is 11.1. The van der Waals surface area contributed by atoms with Crippen molar-refractivity contribution in [2.24, 2.45) is 17.6 Å². The molecule has 1 saturated heterocycles. The largest absolute Gasteiger partial charge is 0.378 e. The maximum Gasteiger partial charge on any atom is 0.238 e. The summed E-state index contributed by atoms with van der Waals surface area (Å²) in [5.41, 5.74) is 4.87. The molecule has 0 unspecified atom stereocenters. The summed E-state index contributed by atoms with van der Waals surface area (Å²) < 4.78 is 38.7. The van der Waals surface area contributed by atoms with Crippen LogP contribution < -0.4 is 21.7 Å². The first-order chi connectivity index (χ1) is 28.2. The average molecular weight is 846 g/mol. The Bertz CT molecular complexity index is 1750. The monoisotopic (exact) mass is 844 g/mol. The molecule has 7 rings (SSSR count). The van der Waals surface area contributed by atoms with Crippen LogP contribution in [0.25, 0.3) is 0 Å². The zero-order valence-electron chi connectivity index (χ0n) is 33.3. The van der Waals surface area contributed by atoms with E-state index < -0.39 is 28.7 Å². The van der Waals surface area contributed by atoms with Crippen LogP contribution in [0.5, 0.6) is 0 Å². The second-order valence-corrected chi connectivity index (χ2v) is 17.6. The van der Waals surface area contributed by atoms with Gasteiger partial charge in [-0.05, 0) is 93.5 Å². The molecule has 2 heterocycles. The van der Waals surface area contributed by atoms with Gasteiger partial charge in [0.2, 0.25) is 11.8 Å². The van der Waals surface area contributed by atoms with Crippen molar-refractivity contribution in [2.45, 2.75) is 119 Å². The standard InChI is InChI=1S/C44H59Cl2FN4O7/c45-30-11-16-34-36(27-30)50-42(54)44(34)37(33-5-4-6-35(46)38(33)47)39(51-43(44)17-2-1-3-18-43)41(53)49-31-12-7-28(8-13-31)40(52)29-9-14-32(15-10-29)58-26-25-57-24-23-56-22-21-55-20-19-48/h4-6,11,16,27-29,31-32,37,39,51H,1-3,7-10,12-15,17-26,48H2,(H,49,53)(H,50,54)/t28?,29?,31?,32?,37-,39+,44+/m0/s1. The molecule has 3 atom stereocenters. The van der Waals surface area contributed by atoms with Gasteiger partial charge in [-0.25, -0.2) is 4.39 Å². The molecule has 2 amide bonds. The number of carbonyl (C=O) groups excluding carboxylic acids is 3. The third-order valence-electron chi connectivity index (χ3n) is 13.4. The summed E-state index contributed by atoms with van der Waals surface area (Å²) in [4.78, 5) is 43.0. The van der Waals surface area contributed by atoms with Gasteiger partial charge in [0, 0.05) is 46.6 Å². The minimum atomic E-state index is -1.28. The lowest BCUT2D eigenvalue weighted by atomic mass is 9.55. The zero-order chi connectivity index (χ0) is 40.7. The van der Waals surface area contributed by atoms with Crippen LogP contribution in [0.1, 0.15) is 101 Å².